The summed E-state index contributed by atoms with van der Waals surface area (Å²) in [4.78, 5) is 22.1. The molecule has 0 unspecified atom stereocenters. The van der Waals surface area contributed by atoms with Gasteiger partial charge in [-0.15, -0.1) is 0 Å². The van der Waals surface area contributed by atoms with Gasteiger partial charge in [-0.1, -0.05) is 6.07 Å². The molecule has 2 aliphatic rings. The average Bonchev–Trinajstić information content (AvgIpc) is 3.29. The number of rotatable bonds is 3. The molecule has 6 heteroatoms. The molecule has 0 radical (unpaired) electrons. The topological polar surface area (TPSA) is 78.8 Å². The van der Waals surface area contributed by atoms with Crippen LogP contribution in [-0.4, -0.2) is 45.3 Å². The predicted molar refractivity (Wildman–Crippen MR) is 123 cm³/mol. The lowest BCUT2D eigenvalue weighted by Crippen LogP contribution is -2.27. The van der Waals surface area contributed by atoms with E-state index in [9.17, 15) is 0 Å². The van der Waals surface area contributed by atoms with Crippen LogP contribution in [0.25, 0.3) is 22.2 Å². The summed E-state index contributed by atoms with van der Waals surface area (Å²) in [5.74, 6) is 0.524. The Labute approximate surface area is 180 Å². The molecule has 0 bridgehead atoms. The number of piperidine rings is 1. The predicted octanol–water partition coefficient (Wildman–Crippen LogP) is 3.88. The number of aromatic amines is 1. The number of fused-ring (bicyclic) bond motifs is 2. The quantitative estimate of drug-likeness (QED) is 0.539. The highest BCUT2D eigenvalue weighted by molar-refractivity contribution is 6.15. The molecule has 1 fully saturated rings. The van der Waals surface area contributed by atoms with Crippen LogP contribution in [0.1, 0.15) is 41.3 Å². The van der Waals surface area contributed by atoms with Crippen molar-refractivity contribution in [3.05, 3.63) is 77.6 Å². The van der Waals surface area contributed by atoms with E-state index >= 15 is 0 Å². The number of nitrogens with zero attached hydrogens (tertiary/aromatic N) is 4. The summed E-state index contributed by atoms with van der Waals surface area (Å²) in [6.07, 6.45) is 10.8. The fourth-order valence-corrected chi connectivity index (χ4v) is 4.79. The van der Waals surface area contributed by atoms with E-state index in [1.807, 2.05) is 24.5 Å². The zero-order valence-corrected chi connectivity index (χ0v) is 17.3. The van der Waals surface area contributed by atoms with Crippen molar-refractivity contribution >= 4 is 16.7 Å². The number of hydrogen-bond donors (Lipinski definition) is 2. The first kappa shape index (κ1) is 18.4. The minimum absolute atomic E-state index is 0.524. The molecule has 0 aliphatic carbocycles. The van der Waals surface area contributed by atoms with Crippen LogP contribution < -0.4 is 5.32 Å². The molecule has 2 aliphatic heterocycles. The highest BCUT2D eigenvalue weighted by atomic mass is 14.9. The van der Waals surface area contributed by atoms with Crippen molar-refractivity contribution in [3.63, 3.8) is 0 Å². The van der Waals surface area contributed by atoms with E-state index in [-0.39, 0.29) is 0 Å². The number of aromatic nitrogens is 4. The molecule has 0 amide bonds. The van der Waals surface area contributed by atoms with Crippen LogP contribution >= 0.6 is 0 Å². The number of pyridine rings is 3. The molecular formula is C25H24N6. The molecule has 2 N–H and O–H groups in total. The van der Waals surface area contributed by atoms with Crippen molar-refractivity contribution in [1.82, 2.24) is 25.3 Å². The van der Waals surface area contributed by atoms with Gasteiger partial charge in [0.1, 0.15) is 5.65 Å². The van der Waals surface area contributed by atoms with Gasteiger partial charge in [0.15, 0.2) is 0 Å². The Kier molecular flexibility index (Phi) is 4.57. The van der Waals surface area contributed by atoms with Crippen LogP contribution in [0.4, 0.5) is 0 Å². The number of nitrogens with one attached hydrogen (secondary N) is 2. The van der Waals surface area contributed by atoms with Gasteiger partial charge < -0.3 is 10.3 Å². The van der Waals surface area contributed by atoms with E-state index in [1.54, 1.807) is 6.20 Å². The van der Waals surface area contributed by atoms with E-state index in [0.717, 1.165) is 72.5 Å². The van der Waals surface area contributed by atoms with Crippen LogP contribution in [0.15, 0.2) is 60.1 Å². The first-order valence-corrected chi connectivity index (χ1v) is 11.0. The Morgan fingerprint density at radius 2 is 1.87 bits per heavy atom. The smallest absolute Gasteiger partial charge is 0.138 e. The minimum atomic E-state index is 0.524. The lowest BCUT2D eigenvalue weighted by Gasteiger charge is -2.24. The molecule has 0 spiro atoms. The summed E-state index contributed by atoms with van der Waals surface area (Å²) in [6, 6.07) is 10.6. The highest BCUT2D eigenvalue weighted by Crippen LogP contribution is 2.31. The zero-order chi connectivity index (χ0) is 20.6. The molecule has 0 saturated carbocycles. The van der Waals surface area contributed by atoms with Gasteiger partial charge in [-0.05, 0) is 67.7 Å². The third-order valence-electron chi connectivity index (χ3n) is 6.43. The molecule has 6 heterocycles. The van der Waals surface area contributed by atoms with E-state index in [4.69, 9.17) is 9.98 Å². The monoisotopic (exact) mass is 408 g/mol. The van der Waals surface area contributed by atoms with Crippen molar-refractivity contribution in [1.29, 1.82) is 0 Å². The summed E-state index contributed by atoms with van der Waals surface area (Å²) in [5.41, 5.74) is 8.81. The third-order valence-corrected chi connectivity index (χ3v) is 6.43. The van der Waals surface area contributed by atoms with Gasteiger partial charge in [-0.3, -0.25) is 15.0 Å². The van der Waals surface area contributed by atoms with Crippen LogP contribution in [0.5, 0.6) is 0 Å². The Hall–Kier alpha value is -3.38. The molecular weight excluding hydrogens is 384 g/mol. The summed E-state index contributed by atoms with van der Waals surface area (Å²) in [7, 11) is 0. The molecule has 154 valence electrons. The van der Waals surface area contributed by atoms with E-state index in [1.165, 1.54) is 16.8 Å². The van der Waals surface area contributed by atoms with Gasteiger partial charge >= 0.3 is 0 Å². The van der Waals surface area contributed by atoms with Crippen LogP contribution in [0, 0.1) is 0 Å². The second kappa shape index (κ2) is 7.71. The maximum absolute atomic E-state index is 4.93. The van der Waals surface area contributed by atoms with Crippen LogP contribution in [0.2, 0.25) is 0 Å². The Morgan fingerprint density at radius 1 is 0.935 bits per heavy atom. The SMILES string of the molecule is c1cncc(-c2ccnc3[nH]c(C4=NCCc5cnc(C6CCNCC6)cc54)cc23)c1. The maximum atomic E-state index is 4.93. The lowest BCUT2D eigenvalue weighted by atomic mass is 9.90. The largest absolute Gasteiger partial charge is 0.338 e. The standard InChI is InChI=1S/C25H24N6/c1-2-17(14-27-7-1)19-6-11-29-25-21(19)13-23(31-25)24-20-12-22(16-3-8-26-9-4-16)30-15-18(20)5-10-28-24/h1-2,6-7,11-16,26H,3-5,8-10H2,(H,29,31). The number of hydrogen-bond acceptors (Lipinski definition) is 5. The fourth-order valence-electron chi connectivity index (χ4n) is 4.79. The normalized spacial score (nSPS) is 16.8. The van der Waals surface area contributed by atoms with Gasteiger partial charge in [-0.2, -0.15) is 0 Å². The summed E-state index contributed by atoms with van der Waals surface area (Å²) in [5, 5.41) is 4.54. The molecule has 1 saturated heterocycles. The Balaban J connectivity index is 1.43. The fraction of sp³-hybridized carbons (Fsp3) is 0.280. The van der Waals surface area contributed by atoms with Gasteiger partial charge in [0.2, 0.25) is 0 Å². The summed E-state index contributed by atoms with van der Waals surface area (Å²) < 4.78 is 0. The molecule has 6 nitrogen and oxygen atoms in total. The van der Waals surface area contributed by atoms with Crippen molar-refractivity contribution in [2.75, 3.05) is 19.6 Å². The van der Waals surface area contributed by atoms with E-state index in [2.05, 4.69) is 44.7 Å². The third kappa shape index (κ3) is 3.33. The summed E-state index contributed by atoms with van der Waals surface area (Å²) in [6.45, 7) is 2.92. The van der Waals surface area contributed by atoms with E-state index < -0.39 is 0 Å². The van der Waals surface area contributed by atoms with Crippen molar-refractivity contribution < 1.29 is 0 Å². The highest BCUT2D eigenvalue weighted by Gasteiger charge is 2.23. The Morgan fingerprint density at radius 3 is 2.74 bits per heavy atom. The lowest BCUT2D eigenvalue weighted by molar-refractivity contribution is 0.453. The summed E-state index contributed by atoms with van der Waals surface area (Å²) >= 11 is 0. The minimum Gasteiger partial charge on any atom is -0.338 e. The van der Waals surface area contributed by atoms with Crippen LogP contribution in [-0.2, 0) is 6.42 Å². The first-order chi connectivity index (χ1) is 15.4. The van der Waals surface area contributed by atoms with Crippen molar-refractivity contribution in [3.8, 4) is 11.1 Å². The van der Waals surface area contributed by atoms with Gasteiger partial charge in [0.25, 0.3) is 0 Å². The molecule has 4 aromatic rings. The second-order valence-electron chi connectivity index (χ2n) is 8.32. The van der Waals surface area contributed by atoms with Gasteiger partial charge in [0.05, 0.1) is 11.4 Å². The number of H-pyrrole nitrogens is 1. The van der Waals surface area contributed by atoms with Gasteiger partial charge in [0, 0.05) is 59.5 Å². The Bertz CT molecular complexity index is 1270. The van der Waals surface area contributed by atoms with E-state index in [0.29, 0.717) is 5.92 Å². The van der Waals surface area contributed by atoms with Crippen molar-refractivity contribution in [2.45, 2.75) is 25.2 Å². The molecule has 0 atom stereocenters. The zero-order valence-electron chi connectivity index (χ0n) is 17.3. The molecule has 31 heavy (non-hydrogen) atoms. The van der Waals surface area contributed by atoms with Crippen LogP contribution in [0.3, 0.4) is 0 Å². The van der Waals surface area contributed by atoms with Crippen molar-refractivity contribution in [2.24, 2.45) is 4.99 Å². The molecule has 4 aromatic heterocycles. The molecule has 0 aromatic carbocycles. The first-order valence-electron chi connectivity index (χ1n) is 11.0. The van der Waals surface area contributed by atoms with Gasteiger partial charge in [-0.25, -0.2) is 4.98 Å². The second-order valence-corrected chi connectivity index (χ2v) is 8.32. The average molecular weight is 409 g/mol. The molecule has 6 rings (SSSR count). The number of aliphatic imine (C=N–C) groups is 1. The maximum Gasteiger partial charge on any atom is 0.138 e.